The number of Topliss-reactive ketones (excluding diaryl/α,β-unsaturated/α-hetero) is 1. The first-order valence-electron chi connectivity index (χ1n) is 10.7. The fraction of sp³-hybridized carbons (Fsp3) is 0.636. The number of hydrogen-bond donors (Lipinski definition) is 2. The van der Waals surface area contributed by atoms with Crippen LogP contribution in [-0.2, 0) is 21.4 Å². The maximum Gasteiger partial charge on any atom is 0.217 e. The molecule has 2 saturated carbocycles. The highest BCUT2D eigenvalue weighted by atomic mass is 16.6. The number of aromatic hydroxyl groups is 1. The molecule has 2 aliphatic heterocycles. The van der Waals surface area contributed by atoms with Crippen molar-refractivity contribution in [1.29, 1.82) is 0 Å². The molecule has 3 aliphatic carbocycles. The number of carbonyl (C=O) groups excluding carboxylic acids is 2. The third kappa shape index (κ3) is 2.00. The van der Waals surface area contributed by atoms with Gasteiger partial charge < -0.3 is 25.0 Å². The molecule has 5 atom stereocenters. The summed E-state index contributed by atoms with van der Waals surface area (Å²) in [5, 5.41) is 28.0. The van der Waals surface area contributed by atoms with Crippen LogP contribution in [-0.4, -0.2) is 52.2 Å². The van der Waals surface area contributed by atoms with Crippen molar-refractivity contribution in [3.63, 3.8) is 0 Å². The molecule has 7 nitrogen and oxygen atoms in total. The van der Waals surface area contributed by atoms with Gasteiger partial charge in [-0.2, -0.15) is 0 Å². The van der Waals surface area contributed by atoms with Crippen LogP contribution in [0.3, 0.4) is 0 Å². The number of amides is 1. The Balaban J connectivity index is 1.63. The lowest BCUT2D eigenvalue weighted by atomic mass is 9.47. The number of hydrogen-bond acceptors (Lipinski definition) is 5. The van der Waals surface area contributed by atoms with Gasteiger partial charge in [0, 0.05) is 37.7 Å². The van der Waals surface area contributed by atoms with Crippen LogP contribution in [0.2, 0.25) is 0 Å². The standard InChI is InChI=1S/C22H26N2O5/c1-12(25)23-22-7-6-16(27)20-21(22)8-9-24(28,11-13-2-3-13)17(22)10-14-4-5-15(26)19(29-20)18(14)21/h4-5,13,17,20,26H,2-3,6-11H2,1H3,(H,23,25)/t17-,20-,21+,22-,24?/m1/s1. The zero-order valence-electron chi connectivity index (χ0n) is 16.6. The first-order valence-corrected chi connectivity index (χ1v) is 10.7. The number of rotatable bonds is 3. The Bertz CT molecular complexity index is 959. The molecule has 3 fully saturated rings. The predicted octanol–water partition coefficient (Wildman–Crippen LogP) is 1.68. The van der Waals surface area contributed by atoms with E-state index in [1.165, 1.54) is 6.92 Å². The number of nitrogens with one attached hydrogen (secondary N) is 1. The summed E-state index contributed by atoms with van der Waals surface area (Å²) in [6.45, 7) is 2.49. The van der Waals surface area contributed by atoms with E-state index in [4.69, 9.17) is 4.74 Å². The number of ketones is 1. The highest BCUT2D eigenvalue weighted by molar-refractivity contribution is 5.91. The van der Waals surface area contributed by atoms with Crippen LogP contribution in [0.1, 0.15) is 50.2 Å². The van der Waals surface area contributed by atoms with Crippen molar-refractivity contribution in [2.45, 2.75) is 68.5 Å². The first-order chi connectivity index (χ1) is 13.8. The van der Waals surface area contributed by atoms with Crippen molar-refractivity contribution in [3.8, 4) is 11.5 Å². The third-order valence-corrected chi connectivity index (χ3v) is 8.30. The molecule has 6 rings (SSSR count). The molecule has 1 aromatic carbocycles. The number of quaternary nitrogens is 1. The van der Waals surface area contributed by atoms with Crippen molar-refractivity contribution in [3.05, 3.63) is 28.5 Å². The minimum absolute atomic E-state index is 0.00117. The molecule has 7 heteroatoms. The fourth-order valence-electron chi connectivity index (χ4n) is 7.16. The average molecular weight is 398 g/mol. The van der Waals surface area contributed by atoms with Crippen molar-refractivity contribution in [1.82, 2.24) is 5.32 Å². The highest BCUT2D eigenvalue weighted by Gasteiger charge is 2.76. The first kappa shape index (κ1) is 17.7. The van der Waals surface area contributed by atoms with E-state index in [-0.39, 0.29) is 34.5 Å². The van der Waals surface area contributed by atoms with Crippen molar-refractivity contribution in [2.24, 2.45) is 5.92 Å². The zero-order valence-corrected chi connectivity index (χ0v) is 16.6. The van der Waals surface area contributed by atoms with Gasteiger partial charge in [-0.3, -0.25) is 9.59 Å². The van der Waals surface area contributed by atoms with Gasteiger partial charge in [0.05, 0.1) is 18.5 Å². The lowest BCUT2D eigenvalue weighted by Gasteiger charge is -2.69. The van der Waals surface area contributed by atoms with Gasteiger partial charge in [0.15, 0.2) is 23.4 Å². The Labute approximate surface area is 169 Å². The number of hydroxylamine groups is 3. The summed E-state index contributed by atoms with van der Waals surface area (Å²) >= 11 is 0. The SMILES string of the molecule is CC(=O)N[C@@]12CCC(=O)[C@H]3Oc4c(O)ccc5c4[C@@]31CC[N+]([O-])(CC1CC1)[C@@H]2C5. The molecule has 1 spiro atoms. The van der Waals surface area contributed by atoms with Crippen molar-refractivity contribution >= 4 is 11.7 Å². The number of phenols is 1. The second-order valence-electron chi connectivity index (χ2n) is 9.81. The van der Waals surface area contributed by atoms with Gasteiger partial charge in [-0.15, -0.1) is 0 Å². The molecule has 1 aromatic rings. The van der Waals surface area contributed by atoms with Crippen LogP contribution in [0.4, 0.5) is 0 Å². The topological polar surface area (TPSA) is 98.7 Å². The van der Waals surface area contributed by atoms with Crippen LogP contribution in [0.5, 0.6) is 11.5 Å². The second kappa shape index (κ2) is 5.32. The average Bonchev–Trinajstić information content (AvgIpc) is 3.38. The Hall–Kier alpha value is -2.12. The van der Waals surface area contributed by atoms with E-state index in [9.17, 15) is 19.9 Å². The molecular weight excluding hydrogens is 372 g/mol. The van der Waals surface area contributed by atoms with Gasteiger partial charge in [0.1, 0.15) is 11.6 Å². The van der Waals surface area contributed by atoms with E-state index in [1.54, 1.807) is 6.07 Å². The lowest BCUT2D eigenvalue weighted by Crippen LogP contribution is -2.84. The Kier molecular flexibility index (Phi) is 3.25. The van der Waals surface area contributed by atoms with Crippen LogP contribution in [0.15, 0.2) is 12.1 Å². The minimum Gasteiger partial charge on any atom is -0.633 e. The van der Waals surface area contributed by atoms with Crippen LogP contribution < -0.4 is 10.1 Å². The van der Waals surface area contributed by atoms with Gasteiger partial charge in [0.2, 0.25) is 5.91 Å². The Morgan fingerprint density at radius 1 is 1.38 bits per heavy atom. The molecule has 2 N–H and O–H groups in total. The summed E-state index contributed by atoms with van der Waals surface area (Å²) in [6.07, 6.45) is 3.21. The van der Waals surface area contributed by atoms with E-state index >= 15 is 0 Å². The maximum absolute atomic E-state index is 14.2. The fourth-order valence-corrected chi connectivity index (χ4v) is 7.16. The Morgan fingerprint density at radius 2 is 2.17 bits per heavy atom. The number of carbonyl (C=O) groups is 2. The van der Waals surface area contributed by atoms with Crippen molar-refractivity contribution in [2.75, 3.05) is 13.1 Å². The molecule has 5 aliphatic rings. The largest absolute Gasteiger partial charge is 0.633 e. The summed E-state index contributed by atoms with van der Waals surface area (Å²) in [6, 6.07) is 3.13. The van der Waals surface area contributed by atoms with Crippen LogP contribution in [0, 0.1) is 11.1 Å². The minimum atomic E-state index is -0.821. The molecule has 154 valence electrons. The molecule has 1 saturated heterocycles. The smallest absolute Gasteiger partial charge is 0.217 e. The van der Waals surface area contributed by atoms with Crippen LogP contribution in [0.25, 0.3) is 0 Å². The summed E-state index contributed by atoms with van der Waals surface area (Å²) in [7, 11) is 0. The predicted molar refractivity (Wildman–Crippen MR) is 103 cm³/mol. The van der Waals surface area contributed by atoms with E-state index in [0.29, 0.717) is 44.0 Å². The third-order valence-electron chi connectivity index (χ3n) is 8.30. The molecule has 29 heavy (non-hydrogen) atoms. The number of phenolic OH excluding ortho intramolecular Hbond substituents is 1. The number of benzene rings is 1. The van der Waals surface area contributed by atoms with E-state index in [2.05, 4.69) is 5.32 Å². The number of ether oxygens (including phenoxy) is 1. The molecule has 2 heterocycles. The van der Waals surface area contributed by atoms with Gasteiger partial charge in [-0.1, -0.05) is 6.07 Å². The zero-order chi connectivity index (χ0) is 20.2. The number of likely N-dealkylation sites (tertiary alicyclic amines) is 1. The number of piperidine rings is 1. The molecule has 1 amide bonds. The van der Waals surface area contributed by atoms with Gasteiger partial charge in [-0.05, 0) is 30.9 Å². The van der Waals surface area contributed by atoms with Gasteiger partial charge >= 0.3 is 0 Å². The van der Waals surface area contributed by atoms with Crippen molar-refractivity contribution < 1.29 is 24.1 Å². The summed E-state index contributed by atoms with van der Waals surface area (Å²) in [5.41, 5.74) is 0.252. The highest BCUT2D eigenvalue weighted by Crippen LogP contribution is 2.66. The summed E-state index contributed by atoms with van der Waals surface area (Å²) < 4.78 is 5.83. The van der Waals surface area contributed by atoms with E-state index in [1.807, 2.05) is 6.07 Å². The second-order valence-corrected chi connectivity index (χ2v) is 9.81. The summed E-state index contributed by atoms with van der Waals surface area (Å²) in [5.74, 6) is 0.695. The summed E-state index contributed by atoms with van der Waals surface area (Å²) in [4.78, 5) is 25.4. The van der Waals surface area contributed by atoms with Gasteiger partial charge in [0.25, 0.3) is 0 Å². The Morgan fingerprint density at radius 3 is 2.90 bits per heavy atom. The monoisotopic (exact) mass is 398 g/mol. The number of nitrogens with zero attached hydrogens (tertiary/aromatic N) is 1. The normalized spacial score (nSPS) is 41.5. The lowest BCUT2D eigenvalue weighted by molar-refractivity contribution is -0.920. The molecule has 1 unspecified atom stereocenters. The molecule has 0 aromatic heterocycles. The van der Waals surface area contributed by atoms with E-state index < -0.39 is 17.1 Å². The molecule has 2 bridgehead atoms. The quantitative estimate of drug-likeness (QED) is 0.596. The molecular formula is C22H26N2O5. The van der Waals surface area contributed by atoms with Crippen LogP contribution >= 0.6 is 0 Å². The molecule has 0 radical (unpaired) electrons. The maximum atomic E-state index is 14.2. The van der Waals surface area contributed by atoms with E-state index in [0.717, 1.165) is 24.0 Å². The van der Waals surface area contributed by atoms with Gasteiger partial charge in [-0.25, -0.2) is 0 Å².